The number of hydrogen-bond acceptors (Lipinski definition) is 4. The second kappa shape index (κ2) is 6.91. The molecule has 0 saturated carbocycles. The Kier molecular flexibility index (Phi) is 5.18. The lowest BCUT2D eigenvalue weighted by molar-refractivity contribution is -0.145. The number of carboxylic acids is 1. The van der Waals surface area contributed by atoms with Crippen LogP contribution in [0, 0.1) is 12.8 Å². The van der Waals surface area contributed by atoms with Gasteiger partial charge in [-0.1, -0.05) is 0 Å². The number of rotatable bonds is 4. The Balaban J connectivity index is 1.87. The summed E-state index contributed by atoms with van der Waals surface area (Å²) < 4.78 is 0. The highest BCUT2D eigenvalue weighted by atomic mass is 32.1. The van der Waals surface area contributed by atoms with Crippen LogP contribution in [0.1, 0.15) is 27.4 Å². The number of amides is 2. The Morgan fingerprint density at radius 1 is 1.32 bits per heavy atom. The van der Waals surface area contributed by atoms with Gasteiger partial charge in [0.05, 0.1) is 17.3 Å². The summed E-state index contributed by atoms with van der Waals surface area (Å²) in [4.78, 5) is 40.1. The minimum Gasteiger partial charge on any atom is -0.481 e. The monoisotopic (exact) mass is 324 g/mol. The van der Waals surface area contributed by atoms with Crippen LogP contribution in [0.2, 0.25) is 0 Å². The molecule has 2 rings (SSSR count). The Labute approximate surface area is 133 Å². The highest BCUT2D eigenvalue weighted by molar-refractivity contribution is 7.13. The molecule has 0 atom stereocenters. The quantitative estimate of drug-likeness (QED) is 0.909. The molecule has 1 aliphatic heterocycles. The van der Waals surface area contributed by atoms with Crippen LogP contribution in [0.25, 0.3) is 0 Å². The number of piperidine rings is 1. The maximum absolute atomic E-state index is 12.2. The van der Waals surface area contributed by atoms with Crippen molar-refractivity contribution < 1.29 is 19.5 Å². The molecular weight excluding hydrogens is 304 g/mol. The van der Waals surface area contributed by atoms with Crippen LogP contribution in [0.5, 0.6) is 0 Å². The van der Waals surface area contributed by atoms with Crippen molar-refractivity contribution in [1.82, 2.24) is 9.80 Å². The number of thiophene rings is 1. The molecule has 2 amide bonds. The topological polar surface area (TPSA) is 77.9 Å². The molecule has 1 aromatic rings. The van der Waals surface area contributed by atoms with E-state index in [9.17, 15) is 14.4 Å². The van der Waals surface area contributed by atoms with E-state index < -0.39 is 5.97 Å². The van der Waals surface area contributed by atoms with Gasteiger partial charge in [0.2, 0.25) is 5.91 Å². The normalized spacial score (nSPS) is 15.6. The molecule has 0 aromatic carbocycles. The summed E-state index contributed by atoms with van der Waals surface area (Å²) in [5, 5.41) is 8.95. The maximum Gasteiger partial charge on any atom is 0.306 e. The lowest BCUT2D eigenvalue weighted by Gasteiger charge is -2.31. The van der Waals surface area contributed by atoms with E-state index in [1.807, 2.05) is 13.0 Å². The molecule has 0 bridgehead atoms. The molecule has 22 heavy (non-hydrogen) atoms. The van der Waals surface area contributed by atoms with Crippen LogP contribution in [0.3, 0.4) is 0 Å². The van der Waals surface area contributed by atoms with E-state index in [1.54, 1.807) is 18.0 Å². The number of aryl methyl sites for hydroxylation is 1. The Morgan fingerprint density at radius 3 is 2.45 bits per heavy atom. The van der Waals surface area contributed by atoms with E-state index in [1.165, 1.54) is 16.2 Å². The Morgan fingerprint density at radius 2 is 1.95 bits per heavy atom. The summed E-state index contributed by atoms with van der Waals surface area (Å²) >= 11 is 1.41. The third-order valence-electron chi connectivity index (χ3n) is 3.87. The van der Waals surface area contributed by atoms with Gasteiger partial charge in [0.15, 0.2) is 0 Å². The number of nitrogens with zero attached hydrogens (tertiary/aromatic N) is 2. The smallest absolute Gasteiger partial charge is 0.306 e. The summed E-state index contributed by atoms with van der Waals surface area (Å²) in [6, 6.07) is 3.64. The summed E-state index contributed by atoms with van der Waals surface area (Å²) in [6.45, 7) is 2.83. The molecule has 1 N–H and O–H groups in total. The van der Waals surface area contributed by atoms with Crippen LogP contribution in [0.4, 0.5) is 0 Å². The van der Waals surface area contributed by atoms with E-state index in [4.69, 9.17) is 5.11 Å². The molecule has 7 heteroatoms. The molecule has 0 radical (unpaired) electrons. The number of carbonyl (C=O) groups is 3. The fraction of sp³-hybridized carbons (Fsp3) is 0.533. The van der Waals surface area contributed by atoms with Crippen LogP contribution in [0.15, 0.2) is 12.1 Å². The van der Waals surface area contributed by atoms with Gasteiger partial charge in [0, 0.05) is 25.0 Å². The second-order valence-electron chi connectivity index (χ2n) is 5.56. The summed E-state index contributed by atoms with van der Waals surface area (Å²) in [5.74, 6) is -1.45. The van der Waals surface area contributed by atoms with E-state index in [-0.39, 0.29) is 24.3 Å². The third-order valence-corrected chi connectivity index (χ3v) is 4.86. The standard InChI is InChI=1S/C15H20N2O4S/c1-10-3-4-12(22-10)14(19)16(2)9-13(18)17-7-5-11(6-8-17)15(20)21/h3-4,11H,5-9H2,1-2H3,(H,20,21). The van der Waals surface area contributed by atoms with Gasteiger partial charge >= 0.3 is 5.97 Å². The molecular formula is C15H20N2O4S. The largest absolute Gasteiger partial charge is 0.481 e. The molecule has 120 valence electrons. The first-order chi connectivity index (χ1) is 10.4. The average Bonchev–Trinajstić information content (AvgIpc) is 2.92. The second-order valence-corrected chi connectivity index (χ2v) is 6.85. The molecule has 6 nitrogen and oxygen atoms in total. The van der Waals surface area contributed by atoms with Crippen LogP contribution in [-0.2, 0) is 9.59 Å². The van der Waals surface area contributed by atoms with Crippen molar-refractivity contribution in [2.24, 2.45) is 5.92 Å². The Bertz CT molecular complexity index is 576. The van der Waals surface area contributed by atoms with Crippen LogP contribution in [-0.4, -0.2) is 59.4 Å². The fourth-order valence-electron chi connectivity index (χ4n) is 2.49. The molecule has 1 aliphatic rings. The maximum atomic E-state index is 12.2. The summed E-state index contributed by atoms with van der Waals surface area (Å²) in [6.07, 6.45) is 0.950. The molecule has 1 fully saturated rings. The van der Waals surface area contributed by atoms with Crippen molar-refractivity contribution in [3.8, 4) is 0 Å². The SMILES string of the molecule is Cc1ccc(C(=O)N(C)CC(=O)N2CCC(C(=O)O)CC2)s1. The van der Waals surface area contributed by atoms with Gasteiger partial charge < -0.3 is 14.9 Å². The predicted molar refractivity (Wildman–Crippen MR) is 83.0 cm³/mol. The third kappa shape index (κ3) is 3.85. The lowest BCUT2D eigenvalue weighted by Crippen LogP contribution is -2.45. The number of carbonyl (C=O) groups excluding carboxylic acids is 2. The van der Waals surface area contributed by atoms with Crippen molar-refractivity contribution in [2.45, 2.75) is 19.8 Å². The first kappa shape index (κ1) is 16.5. The van der Waals surface area contributed by atoms with Crippen LogP contribution < -0.4 is 0 Å². The van der Waals surface area contributed by atoms with Gasteiger partial charge in [0.25, 0.3) is 5.91 Å². The zero-order chi connectivity index (χ0) is 16.3. The van der Waals surface area contributed by atoms with Gasteiger partial charge in [-0.2, -0.15) is 0 Å². The van der Waals surface area contributed by atoms with Crippen molar-refractivity contribution in [3.63, 3.8) is 0 Å². The number of carboxylic acid groups (broad SMARTS) is 1. The first-order valence-corrected chi connectivity index (χ1v) is 8.02. The molecule has 2 heterocycles. The molecule has 1 saturated heterocycles. The van der Waals surface area contributed by atoms with Gasteiger partial charge in [-0.05, 0) is 31.9 Å². The highest BCUT2D eigenvalue weighted by Gasteiger charge is 2.28. The number of aliphatic carboxylic acids is 1. The van der Waals surface area contributed by atoms with Crippen molar-refractivity contribution in [3.05, 3.63) is 21.9 Å². The summed E-state index contributed by atoms with van der Waals surface area (Å²) in [5.41, 5.74) is 0. The highest BCUT2D eigenvalue weighted by Crippen LogP contribution is 2.19. The molecule has 0 aliphatic carbocycles. The van der Waals surface area contributed by atoms with Crippen molar-refractivity contribution in [2.75, 3.05) is 26.7 Å². The average molecular weight is 324 g/mol. The summed E-state index contributed by atoms with van der Waals surface area (Å²) in [7, 11) is 1.61. The minimum atomic E-state index is -0.799. The molecule has 0 unspecified atom stereocenters. The number of likely N-dealkylation sites (tertiary alicyclic amines) is 1. The molecule has 1 aromatic heterocycles. The van der Waals surface area contributed by atoms with Gasteiger partial charge in [-0.25, -0.2) is 0 Å². The lowest BCUT2D eigenvalue weighted by atomic mass is 9.97. The predicted octanol–water partition coefficient (Wildman–Crippen LogP) is 1.45. The first-order valence-electron chi connectivity index (χ1n) is 7.21. The van der Waals surface area contributed by atoms with Crippen LogP contribution >= 0.6 is 11.3 Å². The van der Waals surface area contributed by atoms with E-state index in [0.717, 1.165) is 4.88 Å². The van der Waals surface area contributed by atoms with Gasteiger partial charge in [-0.15, -0.1) is 11.3 Å². The van der Waals surface area contributed by atoms with Gasteiger partial charge in [-0.3, -0.25) is 14.4 Å². The fourth-order valence-corrected chi connectivity index (χ4v) is 3.35. The van der Waals surface area contributed by atoms with Gasteiger partial charge in [0.1, 0.15) is 0 Å². The number of likely N-dealkylation sites (N-methyl/N-ethyl adjacent to an activating group) is 1. The van der Waals surface area contributed by atoms with E-state index in [2.05, 4.69) is 0 Å². The van der Waals surface area contributed by atoms with E-state index in [0.29, 0.717) is 30.8 Å². The van der Waals surface area contributed by atoms with E-state index >= 15 is 0 Å². The van der Waals surface area contributed by atoms with Crippen molar-refractivity contribution in [1.29, 1.82) is 0 Å². The minimum absolute atomic E-state index is 0.0213. The zero-order valence-electron chi connectivity index (χ0n) is 12.7. The number of hydrogen-bond donors (Lipinski definition) is 1. The zero-order valence-corrected chi connectivity index (χ0v) is 13.6. The molecule has 0 spiro atoms. The van der Waals surface area contributed by atoms with Crippen molar-refractivity contribution >= 4 is 29.1 Å². The Hall–Kier alpha value is -1.89.